The van der Waals surface area contributed by atoms with E-state index in [1.165, 1.54) is 173 Å². The fraction of sp³-hybridized carbons (Fsp3) is 0.781. The molecular formula is C64H117NO8P+. The van der Waals surface area contributed by atoms with E-state index in [0.717, 1.165) is 64.2 Å². The quantitative estimate of drug-likeness (QED) is 0.0211. The minimum atomic E-state index is -4.39. The number of quaternary nitrogens is 1. The molecule has 0 spiro atoms. The molecule has 0 radical (unpaired) electrons. The second kappa shape index (κ2) is 55.2. The third-order valence-electron chi connectivity index (χ3n) is 13.2. The number of hydrogen-bond donors (Lipinski definition) is 1. The standard InChI is InChI=1S/C64H116NO8P/c1-6-8-10-12-14-16-18-20-22-24-26-28-29-30-31-32-33-34-35-37-39-41-43-45-47-49-51-53-55-57-64(67)73-62(61-72-74(68,69)71-59-58-65(3,4)5)60-70-63(66)56-54-52-50-48-46-44-42-40-38-36-27-25-23-21-19-17-15-13-11-9-7-2/h8,10,14,16,19-22,25-28,62H,6-7,9,11-13,15,17-18,23-24,29-61H2,1-5H3/p+1/b10-8-,16-14-,21-19-,22-20-,27-25-,28-26-. The van der Waals surface area contributed by atoms with E-state index < -0.39 is 26.5 Å². The summed E-state index contributed by atoms with van der Waals surface area (Å²) in [6.07, 6.45) is 72.6. The fourth-order valence-electron chi connectivity index (χ4n) is 8.51. The molecule has 0 aliphatic heterocycles. The number of unbranched alkanes of at least 4 members (excludes halogenated alkanes) is 30. The number of ether oxygens (including phenoxy) is 2. The van der Waals surface area contributed by atoms with Crippen LogP contribution in [0.4, 0.5) is 0 Å². The Morgan fingerprint density at radius 1 is 0.432 bits per heavy atom. The first-order chi connectivity index (χ1) is 36.0. The van der Waals surface area contributed by atoms with E-state index >= 15 is 0 Å². The zero-order valence-corrected chi connectivity index (χ0v) is 49.7. The maximum atomic E-state index is 12.8. The molecule has 2 atom stereocenters. The summed E-state index contributed by atoms with van der Waals surface area (Å²) in [5.41, 5.74) is 0. The van der Waals surface area contributed by atoms with Crippen LogP contribution in [-0.2, 0) is 32.7 Å². The third-order valence-corrected chi connectivity index (χ3v) is 14.2. The molecule has 0 bridgehead atoms. The first kappa shape index (κ1) is 71.5. The van der Waals surface area contributed by atoms with Gasteiger partial charge < -0.3 is 18.9 Å². The molecule has 1 N–H and O–H groups in total. The summed E-state index contributed by atoms with van der Waals surface area (Å²) < 4.78 is 34.6. The second-order valence-corrected chi connectivity index (χ2v) is 23.2. The Morgan fingerprint density at radius 2 is 0.770 bits per heavy atom. The summed E-state index contributed by atoms with van der Waals surface area (Å²) in [6, 6.07) is 0. The molecule has 0 saturated heterocycles. The molecule has 74 heavy (non-hydrogen) atoms. The predicted octanol–water partition coefficient (Wildman–Crippen LogP) is 19.3. The van der Waals surface area contributed by atoms with Crippen molar-refractivity contribution in [2.24, 2.45) is 0 Å². The lowest BCUT2D eigenvalue weighted by Crippen LogP contribution is -2.37. The fourth-order valence-corrected chi connectivity index (χ4v) is 9.25. The van der Waals surface area contributed by atoms with Crippen LogP contribution in [0, 0.1) is 0 Å². The van der Waals surface area contributed by atoms with Crippen LogP contribution in [0.25, 0.3) is 0 Å². The zero-order chi connectivity index (χ0) is 54.2. The number of rotatable bonds is 56. The summed E-state index contributed by atoms with van der Waals surface area (Å²) in [5, 5.41) is 0. The third kappa shape index (κ3) is 58.7. The van der Waals surface area contributed by atoms with Gasteiger partial charge in [-0.15, -0.1) is 0 Å². The van der Waals surface area contributed by atoms with E-state index in [9.17, 15) is 19.0 Å². The molecule has 2 unspecified atom stereocenters. The van der Waals surface area contributed by atoms with Crippen molar-refractivity contribution in [1.29, 1.82) is 0 Å². The van der Waals surface area contributed by atoms with Crippen molar-refractivity contribution in [1.82, 2.24) is 0 Å². The van der Waals surface area contributed by atoms with Gasteiger partial charge in [0.05, 0.1) is 27.7 Å². The van der Waals surface area contributed by atoms with Gasteiger partial charge >= 0.3 is 19.8 Å². The molecule has 0 aliphatic carbocycles. The van der Waals surface area contributed by atoms with Crippen molar-refractivity contribution in [3.8, 4) is 0 Å². The number of carbonyl (C=O) groups excluding carboxylic acids is 2. The molecule has 0 heterocycles. The normalized spacial score (nSPS) is 13.8. The number of phosphoric acid groups is 1. The van der Waals surface area contributed by atoms with Crippen molar-refractivity contribution >= 4 is 19.8 Å². The van der Waals surface area contributed by atoms with E-state index in [0.29, 0.717) is 17.4 Å². The predicted molar refractivity (Wildman–Crippen MR) is 316 cm³/mol. The van der Waals surface area contributed by atoms with Gasteiger partial charge in [0.2, 0.25) is 0 Å². The Morgan fingerprint density at radius 3 is 1.15 bits per heavy atom. The molecule has 9 nitrogen and oxygen atoms in total. The number of allylic oxidation sites excluding steroid dienone is 12. The van der Waals surface area contributed by atoms with Gasteiger partial charge in [0.25, 0.3) is 0 Å². The Kier molecular flexibility index (Phi) is 53.3. The summed E-state index contributed by atoms with van der Waals surface area (Å²) in [6.45, 7) is 4.33. The van der Waals surface area contributed by atoms with E-state index in [-0.39, 0.29) is 32.0 Å². The van der Waals surface area contributed by atoms with Gasteiger partial charge in [-0.1, -0.05) is 247 Å². The van der Waals surface area contributed by atoms with E-state index in [1.807, 2.05) is 21.1 Å². The molecule has 0 aromatic heterocycles. The van der Waals surface area contributed by atoms with Gasteiger partial charge in [-0.2, -0.15) is 0 Å². The largest absolute Gasteiger partial charge is 0.472 e. The van der Waals surface area contributed by atoms with Crippen molar-refractivity contribution in [3.05, 3.63) is 72.9 Å². The van der Waals surface area contributed by atoms with Gasteiger partial charge in [0.15, 0.2) is 6.10 Å². The van der Waals surface area contributed by atoms with Crippen molar-refractivity contribution in [2.75, 3.05) is 47.5 Å². The molecule has 10 heteroatoms. The lowest BCUT2D eigenvalue weighted by molar-refractivity contribution is -0.870. The van der Waals surface area contributed by atoms with Crippen LogP contribution >= 0.6 is 7.82 Å². The Bertz CT molecular complexity index is 1480. The van der Waals surface area contributed by atoms with Gasteiger partial charge in [-0.25, -0.2) is 4.57 Å². The highest BCUT2D eigenvalue weighted by molar-refractivity contribution is 7.47. The highest BCUT2D eigenvalue weighted by atomic mass is 31.2. The topological polar surface area (TPSA) is 108 Å². The van der Waals surface area contributed by atoms with E-state index in [1.54, 1.807) is 0 Å². The highest BCUT2D eigenvalue weighted by Crippen LogP contribution is 2.43. The Balaban J connectivity index is 4.11. The first-order valence-corrected chi connectivity index (χ1v) is 32.2. The molecule has 0 fully saturated rings. The summed E-state index contributed by atoms with van der Waals surface area (Å²) >= 11 is 0. The van der Waals surface area contributed by atoms with Crippen molar-refractivity contribution in [2.45, 2.75) is 277 Å². The molecular weight excluding hydrogens is 942 g/mol. The van der Waals surface area contributed by atoms with Crippen LogP contribution < -0.4 is 0 Å². The maximum Gasteiger partial charge on any atom is 0.472 e. The molecule has 430 valence electrons. The van der Waals surface area contributed by atoms with E-state index in [2.05, 4.69) is 86.8 Å². The second-order valence-electron chi connectivity index (χ2n) is 21.7. The van der Waals surface area contributed by atoms with Crippen LogP contribution in [0.15, 0.2) is 72.9 Å². The van der Waals surface area contributed by atoms with Crippen LogP contribution in [0.3, 0.4) is 0 Å². The minimum Gasteiger partial charge on any atom is -0.462 e. The summed E-state index contributed by atoms with van der Waals surface area (Å²) in [7, 11) is 1.48. The monoisotopic (exact) mass is 1060 g/mol. The smallest absolute Gasteiger partial charge is 0.462 e. The van der Waals surface area contributed by atoms with Crippen LogP contribution in [0.1, 0.15) is 271 Å². The number of nitrogens with zero attached hydrogens (tertiary/aromatic N) is 1. The molecule has 0 amide bonds. The van der Waals surface area contributed by atoms with Gasteiger partial charge in [0.1, 0.15) is 19.8 Å². The van der Waals surface area contributed by atoms with Gasteiger partial charge in [-0.3, -0.25) is 18.6 Å². The lowest BCUT2D eigenvalue weighted by atomic mass is 10.0. The molecule has 0 saturated carbocycles. The average molecular weight is 1060 g/mol. The van der Waals surface area contributed by atoms with E-state index in [4.69, 9.17) is 18.5 Å². The number of likely N-dealkylation sites (N-methyl/N-ethyl adjacent to an activating group) is 1. The first-order valence-electron chi connectivity index (χ1n) is 30.7. The zero-order valence-electron chi connectivity index (χ0n) is 48.8. The number of phosphoric ester groups is 1. The summed E-state index contributed by atoms with van der Waals surface area (Å²) in [5.74, 6) is -0.795. The van der Waals surface area contributed by atoms with Crippen LogP contribution in [0.5, 0.6) is 0 Å². The van der Waals surface area contributed by atoms with Gasteiger partial charge in [0, 0.05) is 12.8 Å². The van der Waals surface area contributed by atoms with Gasteiger partial charge in [-0.05, 0) is 83.5 Å². The number of esters is 2. The van der Waals surface area contributed by atoms with Crippen molar-refractivity contribution < 1.29 is 42.1 Å². The van der Waals surface area contributed by atoms with Crippen LogP contribution in [-0.4, -0.2) is 74.9 Å². The minimum absolute atomic E-state index is 0.0297. The molecule has 0 aromatic carbocycles. The Hall–Kier alpha value is -2.55. The Labute approximate surface area is 457 Å². The van der Waals surface area contributed by atoms with Crippen molar-refractivity contribution in [3.63, 3.8) is 0 Å². The molecule has 0 rings (SSSR count). The molecule has 0 aliphatic rings. The van der Waals surface area contributed by atoms with Crippen LogP contribution in [0.2, 0.25) is 0 Å². The lowest BCUT2D eigenvalue weighted by Gasteiger charge is -2.24. The highest BCUT2D eigenvalue weighted by Gasteiger charge is 2.27. The summed E-state index contributed by atoms with van der Waals surface area (Å²) in [4.78, 5) is 35.7. The average Bonchev–Trinajstić information content (AvgIpc) is 3.36. The SMILES string of the molecule is CC/C=C\C/C=C\C/C=C\C/C=C\CCCCCCCCCCCCCCCCCCC(=O)OC(COC(=O)CCCCCCCCCCC/C=C\C/C=C\CCCCCCC)COP(=O)(O)OCC[N+](C)(C)C. The number of carbonyl (C=O) groups is 2. The number of hydrogen-bond acceptors (Lipinski definition) is 7. The molecule has 0 aromatic rings. The maximum absolute atomic E-state index is 12.8.